The molecule has 0 radical (unpaired) electrons. The summed E-state index contributed by atoms with van der Waals surface area (Å²) < 4.78 is 63.5. The third-order valence-corrected chi connectivity index (χ3v) is 6.79. The number of carboxylic acid groups (broad SMARTS) is 2. The molecule has 1 fully saturated rings. The quantitative estimate of drug-likeness (QED) is 0.161. The van der Waals surface area contributed by atoms with Crippen LogP contribution in [-0.4, -0.2) is 91.2 Å². The number of amides is 1. The van der Waals surface area contributed by atoms with Crippen molar-refractivity contribution in [3.05, 3.63) is 42.6 Å². The van der Waals surface area contributed by atoms with Crippen LogP contribution in [0.15, 0.2) is 36.8 Å². The Morgan fingerprint density at radius 1 is 0.936 bits per heavy atom. The first-order chi connectivity index (χ1) is 21.9. The number of carbonyl (C=O) groups is 4. The van der Waals surface area contributed by atoms with Crippen molar-refractivity contribution in [1.82, 2.24) is 30.2 Å². The number of Topliss-reactive ketones (excluding diaryl/α,β-unsaturated/α-hetero) is 1. The van der Waals surface area contributed by atoms with E-state index in [0.717, 1.165) is 66.9 Å². The minimum absolute atomic E-state index is 0.0353. The molecule has 4 N–H and O–H groups in total. The summed E-state index contributed by atoms with van der Waals surface area (Å²) in [5.74, 6) is -4.33. The fourth-order valence-corrected chi connectivity index (χ4v) is 4.25. The molecule has 12 nitrogen and oxygen atoms in total. The summed E-state index contributed by atoms with van der Waals surface area (Å²) in [5.41, 5.74) is 3.53. The third-order valence-electron chi connectivity index (χ3n) is 6.79. The van der Waals surface area contributed by atoms with E-state index < -0.39 is 24.3 Å². The zero-order chi connectivity index (χ0) is 35.4. The van der Waals surface area contributed by atoms with Gasteiger partial charge in [-0.1, -0.05) is 25.8 Å². The highest BCUT2D eigenvalue weighted by molar-refractivity contribution is 5.81. The van der Waals surface area contributed by atoms with Crippen molar-refractivity contribution in [2.75, 3.05) is 20.1 Å². The Morgan fingerprint density at radius 3 is 2.04 bits per heavy atom. The van der Waals surface area contributed by atoms with Crippen molar-refractivity contribution in [2.24, 2.45) is 5.92 Å². The molecule has 0 saturated carbocycles. The minimum Gasteiger partial charge on any atom is -0.475 e. The number of halogens is 6. The fourth-order valence-electron chi connectivity index (χ4n) is 4.25. The predicted molar refractivity (Wildman–Crippen MR) is 155 cm³/mol. The van der Waals surface area contributed by atoms with Crippen LogP contribution in [0.25, 0.3) is 22.3 Å². The molecule has 0 spiro atoms. The molecule has 4 rings (SSSR count). The second kappa shape index (κ2) is 17.3. The van der Waals surface area contributed by atoms with E-state index in [1.54, 1.807) is 12.4 Å². The van der Waals surface area contributed by atoms with Crippen molar-refractivity contribution in [3.63, 3.8) is 0 Å². The number of likely N-dealkylation sites (tertiary alicyclic amines) is 1. The lowest BCUT2D eigenvalue weighted by molar-refractivity contribution is -0.193. The predicted octanol–water partition coefficient (Wildman–Crippen LogP) is 4.94. The van der Waals surface area contributed by atoms with Crippen molar-refractivity contribution in [1.29, 1.82) is 0 Å². The first kappa shape index (κ1) is 38.6. The molecule has 0 aliphatic carbocycles. The number of carbonyl (C=O) groups excluding carboxylic acids is 2. The van der Waals surface area contributed by atoms with Gasteiger partial charge in [0.05, 0.1) is 34.9 Å². The number of H-pyrrole nitrogens is 1. The summed E-state index contributed by atoms with van der Waals surface area (Å²) in [4.78, 5) is 61.0. The number of fused-ring (bicyclic) bond motifs is 1. The molecule has 1 amide bonds. The molecule has 1 aliphatic heterocycles. The molecule has 1 aliphatic rings. The Hall–Kier alpha value is -4.61. The topological polar surface area (TPSA) is 178 Å². The van der Waals surface area contributed by atoms with E-state index in [1.807, 2.05) is 38.4 Å². The Bertz CT molecular complexity index is 1480. The number of imidazole rings is 1. The van der Waals surface area contributed by atoms with Gasteiger partial charge in [0.25, 0.3) is 0 Å². The van der Waals surface area contributed by atoms with Crippen LogP contribution in [0.3, 0.4) is 0 Å². The first-order valence-corrected chi connectivity index (χ1v) is 14.3. The molecule has 1 atom stereocenters. The lowest BCUT2D eigenvalue weighted by atomic mass is 9.98. The van der Waals surface area contributed by atoms with Gasteiger partial charge in [0.1, 0.15) is 11.6 Å². The molecule has 2 aromatic heterocycles. The first-order valence-electron chi connectivity index (χ1n) is 14.3. The highest BCUT2D eigenvalue weighted by atomic mass is 19.4. The number of carboxylic acids is 2. The van der Waals surface area contributed by atoms with E-state index in [9.17, 15) is 35.9 Å². The van der Waals surface area contributed by atoms with E-state index in [0.29, 0.717) is 18.6 Å². The maximum absolute atomic E-state index is 12.8. The number of ketones is 1. The number of nitrogens with zero attached hydrogens (tertiary/aromatic N) is 4. The number of nitrogens with one attached hydrogen (secondary N) is 2. The summed E-state index contributed by atoms with van der Waals surface area (Å²) in [5, 5.41) is 17.5. The Balaban J connectivity index is 0.000000459. The number of aromatic amines is 1. The van der Waals surface area contributed by atoms with Gasteiger partial charge in [-0.15, -0.1) is 0 Å². The van der Waals surface area contributed by atoms with Crippen LogP contribution in [0.2, 0.25) is 0 Å². The number of aromatic nitrogens is 4. The number of hydrogen-bond acceptors (Lipinski definition) is 8. The van der Waals surface area contributed by atoms with E-state index >= 15 is 0 Å². The molecule has 18 heteroatoms. The zero-order valence-corrected chi connectivity index (χ0v) is 25.4. The van der Waals surface area contributed by atoms with Crippen molar-refractivity contribution < 1.29 is 55.7 Å². The number of unbranched alkanes of at least 4 members (excludes halogenated alkanes) is 2. The summed E-state index contributed by atoms with van der Waals surface area (Å²) >= 11 is 0. The van der Waals surface area contributed by atoms with Gasteiger partial charge in [-0.3, -0.25) is 19.6 Å². The van der Waals surface area contributed by atoms with Crippen LogP contribution < -0.4 is 5.32 Å². The van der Waals surface area contributed by atoms with Gasteiger partial charge < -0.3 is 25.4 Å². The molecule has 3 heterocycles. The number of benzene rings is 1. The number of alkyl halides is 6. The Kier molecular flexibility index (Phi) is 14.2. The molecule has 47 heavy (non-hydrogen) atoms. The summed E-state index contributed by atoms with van der Waals surface area (Å²) in [6.45, 7) is 3.49. The monoisotopic (exact) mass is 676 g/mol. The SMILES string of the molecule is CCC(=O)CCCCC[C@H](NC(=O)C1CN(C)C1)c1ncc(-c2ccc3nccnc3c2)[nH]1.O=C(O)C(F)(F)F.O=C(O)C(F)(F)F. The van der Waals surface area contributed by atoms with Gasteiger partial charge >= 0.3 is 24.3 Å². The van der Waals surface area contributed by atoms with Crippen molar-refractivity contribution in [3.8, 4) is 11.3 Å². The fraction of sp³-hybridized carbons (Fsp3) is 0.483. The average Bonchev–Trinajstić information content (AvgIpc) is 3.48. The highest BCUT2D eigenvalue weighted by Crippen LogP contribution is 2.25. The van der Waals surface area contributed by atoms with Gasteiger partial charge in [-0.2, -0.15) is 26.3 Å². The molecule has 3 aromatic rings. The smallest absolute Gasteiger partial charge is 0.475 e. The van der Waals surface area contributed by atoms with Gasteiger partial charge in [0.15, 0.2) is 0 Å². The lowest BCUT2D eigenvalue weighted by Gasteiger charge is -2.35. The van der Waals surface area contributed by atoms with Crippen molar-refractivity contribution in [2.45, 2.75) is 63.8 Å². The minimum atomic E-state index is -5.08. The summed E-state index contributed by atoms with van der Waals surface area (Å²) in [6, 6.07) is 5.75. The molecule has 0 unspecified atom stereocenters. The summed E-state index contributed by atoms with van der Waals surface area (Å²) in [6.07, 6.45) is -0.198. The average molecular weight is 677 g/mol. The normalized spacial score (nSPS) is 14.1. The lowest BCUT2D eigenvalue weighted by Crippen LogP contribution is -2.52. The van der Waals surface area contributed by atoms with E-state index in [4.69, 9.17) is 19.8 Å². The highest BCUT2D eigenvalue weighted by Gasteiger charge is 2.39. The van der Waals surface area contributed by atoms with Gasteiger partial charge in [0.2, 0.25) is 5.91 Å². The largest absolute Gasteiger partial charge is 0.490 e. The molecule has 1 saturated heterocycles. The number of hydrogen-bond donors (Lipinski definition) is 4. The van der Waals surface area contributed by atoms with Gasteiger partial charge in [0, 0.05) is 43.9 Å². The maximum Gasteiger partial charge on any atom is 0.490 e. The number of rotatable bonds is 11. The molecule has 0 bridgehead atoms. The van der Waals surface area contributed by atoms with Crippen LogP contribution >= 0.6 is 0 Å². The second-order valence-electron chi connectivity index (χ2n) is 10.5. The molecular weight excluding hydrogens is 642 g/mol. The maximum atomic E-state index is 12.8. The van der Waals surface area contributed by atoms with E-state index in [1.165, 1.54) is 0 Å². The second-order valence-corrected chi connectivity index (χ2v) is 10.5. The summed E-state index contributed by atoms with van der Waals surface area (Å²) in [7, 11) is 2.02. The van der Waals surface area contributed by atoms with Crippen LogP contribution in [0.5, 0.6) is 0 Å². The van der Waals surface area contributed by atoms with E-state index in [-0.39, 0.29) is 17.9 Å². The Morgan fingerprint density at radius 2 is 1.51 bits per heavy atom. The molecular formula is C29H34F6N6O6. The van der Waals surface area contributed by atoms with Crippen LogP contribution in [0.1, 0.15) is 57.3 Å². The molecule has 258 valence electrons. The van der Waals surface area contributed by atoms with Crippen LogP contribution in [-0.2, 0) is 19.2 Å². The third kappa shape index (κ3) is 13.0. The Labute approximate surface area is 264 Å². The standard InChI is InChI=1S/C25H32N6O2.2C2HF3O2/c1-3-19(32)7-5-4-6-8-21(30-25(33)18-15-31(2)16-18)24-28-14-23(29-24)17-9-10-20-22(13-17)27-12-11-26-20;2*3-2(4,5)1(6)7/h9-14,18,21H,3-8,15-16H2,1-2H3,(H,28,29)(H,30,33);2*(H,6,7)/t21-;;/m0../s1. The van der Waals surface area contributed by atoms with Crippen molar-refractivity contribution >= 4 is 34.7 Å². The van der Waals surface area contributed by atoms with Gasteiger partial charge in [-0.05, 0) is 32.0 Å². The number of aliphatic carboxylic acids is 2. The molecule has 1 aromatic carbocycles. The zero-order valence-electron chi connectivity index (χ0n) is 25.4. The van der Waals surface area contributed by atoms with E-state index in [2.05, 4.69) is 30.2 Å². The van der Waals surface area contributed by atoms with Gasteiger partial charge in [-0.25, -0.2) is 14.6 Å². The van der Waals surface area contributed by atoms with Crippen LogP contribution in [0.4, 0.5) is 26.3 Å². The van der Waals surface area contributed by atoms with Crippen LogP contribution in [0, 0.1) is 5.92 Å².